The molecule has 0 spiro atoms. The molecular weight excluding hydrogens is 338 g/mol. The number of benzene rings is 1. The van der Waals surface area contributed by atoms with Crippen LogP contribution in [0.25, 0.3) is 0 Å². The van der Waals surface area contributed by atoms with Gasteiger partial charge in [0.25, 0.3) is 15.6 Å². The molecule has 0 aliphatic rings. The van der Waals surface area contributed by atoms with E-state index < -0.39 is 37.1 Å². The van der Waals surface area contributed by atoms with Crippen LogP contribution in [0.3, 0.4) is 0 Å². The lowest BCUT2D eigenvalue weighted by atomic mass is 10.2. The largest absolute Gasteiger partial charge is 0.317 e. The fraction of sp³-hybridized carbons (Fsp3) is 0.154. The van der Waals surface area contributed by atoms with Gasteiger partial charge in [0.1, 0.15) is 10.6 Å². The van der Waals surface area contributed by atoms with Gasteiger partial charge in [0, 0.05) is 13.2 Å². The first kappa shape index (κ1) is 16.4. The highest BCUT2D eigenvalue weighted by Crippen LogP contribution is 2.28. The Morgan fingerprint density at radius 1 is 1.23 bits per heavy atom. The average molecular weight is 349 g/mol. The van der Waals surface area contributed by atoms with E-state index in [2.05, 4.69) is 0 Å². The lowest BCUT2D eigenvalue weighted by Gasteiger charge is -2.12. The maximum Gasteiger partial charge on any atom is 0.274 e. The third-order valence-corrected chi connectivity index (χ3v) is 4.82. The normalized spacial score (nSPS) is 11.5. The van der Waals surface area contributed by atoms with Crippen molar-refractivity contribution in [3.8, 4) is 0 Å². The zero-order valence-electron chi connectivity index (χ0n) is 11.5. The lowest BCUT2D eigenvalue weighted by molar-refractivity contribution is 0.485. The van der Waals surface area contributed by atoms with Crippen LogP contribution in [-0.4, -0.2) is 13.0 Å². The first-order chi connectivity index (χ1) is 10.1. The van der Waals surface area contributed by atoms with E-state index in [1.165, 1.54) is 26.2 Å². The fourth-order valence-electron chi connectivity index (χ4n) is 1.78. The number of aromatic nitrogens is 1. The third-order valence-electron chi connectivity index (χ3n) is 2.98. The molecule has 0 aliphatic heterocycles. The molecule has 0 bridgehead atoms. The molecule has 0 fully saturated rings. The van der Waals surface area contributed by atoms with E-state index in [-0.39, 0.29) is 5.69 Å². The molecule has 0 unspecified atom stereocenters. The molecule has 0 atom stereocenters. The SMILES string of the molecule is Cc1ccn(C)c(=O)c1NS(=O)(=O)c1c(Cl)ccc(F)c1F. The average Bonchev–Trinajstić information content (AvgIpc) is 2.43. The second kappa shape index (κ2) is 5.69. The number of pyridine rings is 1. The molecule has 0 radical (unpaired) electrons. The molecule has 1 N–H and O–H groups in total. The second-order valence-electron chi connectivity index (χ2n) is 4.57. The molecule has 118 valence electrons. The summed E-state index contributed by atoms with van der Waals surface area (Å²) in [6.07, 6.45) is 1.45. The zero-order chi connectivity index (χ0) is 16.7. The molecule has 5 nitrogen and oxygen atoms in total. The first-order valence-corrected chi connectivity index (χ1v) is 7.84. The number of anilines is 1. The number of nitrogens with zero attached hydrogens (tertiary/aromatic N) is 1. The number of sulfonamides is 1. The Balaban J connectivity index is 2.62. The second-order valence-corrected chi connectivity index (χ2v) is 6.59. The molecule has 2 aromatic rings. The summed E-state index contributed by atoms with van der Waals surface area (Å²) in [4.78, 5) is 10.9. The topological polar surface area (TPSA) is 68.2 Å². The van der Waals surface area contributed by atoms with Gasteiger partial charge in [0.05, 0.1) is 5.02 Å². The maximum atomic E-state index is 13.8. The van der Waals surface area contributed by atoms with Crippen molar-refractivity contribution < 1.29 is 17.2 Å². The summed E-state index contributed by atoms with van der Waals surface area (Å²) in [6.45, 7) is 1.50. The van der Waals surface area contributed by atoms with E-state index in [9.17, 15) is 22.0 Å². The molecule has 2 rings (SSSR count). The van der Waals surface area contributed by atoms with Gasteiger partial charge < -0.3 is 4.57 Å². The Morgan fingerprint density at radius 3 is 2.50 bits per heavy atom. The third kappa shape index (κ3) is 2.84. The zero-order valence-corrected chi connectivity index (χ0v) is 13.1. The lowest BCUT2D eigenvalue weighted by Crippen LogP contribution is -2.26. The number of hydrogen-bond donors (Lipinski definition) is 1. The van der Waals surface area contributed by atoms with Crippen LogP contribution in [0.2, 0.25) is 5.02 Å². The molecule has 9 heteroatoms. The van der Waals surface area contributed by atoms with Gasteiger partial charge in [0.15, 0.2) is 11.6 Å². The van der Waals surface area contributed by atoms with Gasteiger partial charge in [-0.05, 0) is 30.7 Å². The van der Waals surface area contributed by atoms with Gasteiger partial charge in [-0.1, -0.05) is 11.6 Å². The van der Waals surface area contributed by atoms with Gasteiger partial charge in [0.2, 0.25) is 0 Å². The van der Waals surface area contributed by atoms with Crippen LogP contribution in [0.5, 0.6) is 0 Å². The first-order valence-electron chi connectivity index (χ1n) is 5.97. The Labute approximate surface area is 130 Å². The van der Waals surface area contributed by atoms with Gasteiger partial charge in [-0.2, -0.15) is 0 Å². The predicted molar refractivity (Wildman–Crippen MR) is 78.6 cm³/mol. The monoisotopic (exact) mass is 348 g/mol. The molecule has 0 saturated heterocycles. The summed E-state index contributed by atoms with van der Waals surface area (Å²) >= 11 is 5.65. The predicted octanol–water partition coefficient (Wildman–Crippen LogP) is 2.43. The Bertz CT molecular complexity index is 910. The Hall–Kier alpha value is -1.93. The quantitative estimate of drug-likeness (QED) is 0.866. The van der Waals surface area contributed by atoms with E-state index >= 15 is 0 Å². The van der Waals surface area contributed by atoms with E-state index in [0.717, 1.165) is 10.6 Å². The standard InChI is InChI=1S/C13H11ClF2N2O3S/c1-7-5-6-18(2)13(19)11(7)17-22(20,21)12-8(14)3-4-9(15)10(12)16/h3-6,17H,1-2H3. The number of aryl methyl sites for hydroxylation is 2. The Kier molecular flexibility index (Phi) is 4.25. The minimum absolute atomic E-state index is 0.260. The molecule has 0 saturated carbocycles. The van der Waals surface area contributed by atoms with Crippen LogP contribution in [0.1, 0.15) is 5.56 Å². The minimum atomic E-state index is -4.57. The molecule has 1 aromatic heterocycles. The van der Waals surface area contributed by atoms with Crippen molar-refractivity contribution in [1.82, 2.24) is 4.57 Å². The summed E-state index contributed by atoms with van der Waals surface area (Å²) in [5, 5.41) is -0.489. The van der Waals surface area contributed by atoms with Crippen LogP contribution in [-0.2, 0) is 17.1 Å². The van der Waals surface area contributed by atoms with Crippen LogP contribution in [0.15, 0.2) is 34.1 Å². The summed E-state index contributed by atoms with van der Waals surface area (Å²) < 4.78 is 54.7. The van der Waals surface area contributed by atoms with Crippen LogP contribution < -0.4 is 10.3 Å². The highest BCUT2D eigenvalue weighted by Gasteiger charge is 2.27. The number of rotatable bonds is 3. The number of nitrogens with one attached hydrogen (secondary N) is 1. The van der Waals surface area contributed by atoms with Crippen molar-refractivity contribution in [2.24, 2.45) is 7.05 Å². The fourth-order valence-corrected chi connectivity index (χ4v) is 3.51. The molecule has 1 heterocycles. The van der Waals surface area contributed by atoms with Gasteiger partial charge in [-0.25, -0.2) is 17.2 Å². The smallest absolute Gasteiger partial charge is 0.274 e. The van der Waals surface area contributed by atoms with Gasteiger partial charge >= 0.3 is 0 Å². The minimum Gasteiger partial charge on any atom is -0.317 e. The summed E-state index contributed by atoms with van der Waals surface area (Å²) in [5.41, 5.74) is -0.555. The van der Waals surface area contributed by atoms with Crippen molar-refractivity contribution in [3.05, 3.63) is 57.0 Å². The van der Waals surface area contributed by atoms with E-state index in [0.29, 0.717) is 11.6 Å². The highest BCUT2D eigenvalue weighted by molar-refractivity contribution is 7.92. The van der Waals surface area contributed by atoms with Crippen molar-refractivity contribution in [2.45, 2.75) is 11.8 Å². The molecule has 1 aromatic carbocycles. The van der Waals surface area contributed by atoms with Crippen molar-refractivity contribution in [1.29, 1.82) is 0 Å². The van der Waals surface area contributed by atoms with Crippen LogP contribution in [0.4, 0.5) is 14.5 Å². The van der Waals surface area contributed by atoms with Gasteiger partial charge in [-0.15, -0.1) is 0 Å². The van der Waals surface area contributed by atoms with E-state index in [1.807, 2.05) is 4.72 Å². The summed E-state index contributed by atoms with van der Waals surface area (Å²) in [7, 11) is -3.14. The van der Waals surface area contributed by atoms with Crippen molar-refractivity contribution >= 4 is 27.3 Å². The molecule has 0 aliphatic carbocycles. The maximum absolute atomic E-state index is 13.8. The van der Waals surface area contributed by atoms with Crippen LogP contribution in [0, 0.1) is 18.6 Å². The Morgan fingerprint density at radius 2 is 1.86 bits per heavy atom. The highest BCUT2D eigenvalue weighted by atomic mass is 35.5. The summed E-state index contributed by atoms with van der Waals surface area (Å²) in [6, 6.07) is 3.14. The van der Waals surface area contributed by atoms with E-state index in [4.69, 9.17) is 11.6 Å². The summed E-state index contributed by atoms with van der Waals surface area (Å²) in [5.74, 6) is -2.96. The van der Waals surface area contributed by atoms with Crippen molar-refractivity contribution in [3.63, 3.8) is 0 Å². The number of hydrogen-bond acceptors (Lipinski definition) is 3. The molecule has 22 heavy (non-hydrogen) atoms. The van der Waals surface area contributed by atoms with Crippen LogP contribution >= 0.6 is 11.6 Å². The van der Waals surface area contributed by atoms with Crippen molar-refractivity contribution in [2.75, 3.05) is 4.72 Å². The van der Waals surface area contributed by atoms with E-state index in [1.54, 1.807) is 0 Å². The molecular formula is C13H11ClF2N2O3S. The number of halogens is 3. The van der Waals surface area contributed by atoms with Gasteiger partial charge in [-0.3, -0.25) is 9.52 Å². The molecule has 0 amide bonds.